The molecular weight excluding hydrogens is 247 g/mol. The van der Waals surface area contributed by atoms with Crippen LogP contribution in [0.2, 0.25) is 0 Å². The van der Waals surface area contributed by atoms with Gasteiger partial charge in [0.2, 0.25) is 5.91 Å². The molecule has 0 fully saturated rings. The zero-order chi connectivity index (χ0) is 13.8. The van der Waals surface area contributed by atoms with Crippen LogP contribution in [0.3, 0.4) is 0 Å². The third-order valence-electron chi connectivity index (χ3n) is 2.31. The maximum Gasteiger partial charge on any atom is 0.416 e. The van der Waals surface area contributed by atoms with E-state index in [1.807, 2.05) is 0 Å². The van der Waals surface area contributed by atoms with Crippen LogP contribution in [0.15, 0.2) is 24.3 Å². The number of benzene rings is 1. The van der Waals surface area contributed by atoms with Crippen molar-refractivity contribution in [3.05, 3.63) is 35.4 Å². The molecule has 18 heavy (non-hydrogen) atoms. The number of nitrogens with two attached hydrogens (primary N) is 2. The van der Waals surface area contributed by atoms with E-state index in [0.717, 1.165) is 12.1 Å². The molecule has 0 saturated carbocycles. The predicted molar refractivity (Wildman–Crippen MR) is 60.3 cm³/mol. The van der Waals surface area contributed by atoms with Crippen molar-refractivity contribution in [1.29, 1.82) is 0 Å². The first-order chi connectivity index (χ1) is 8.30. The van der Waals surface area contributed by atoms with Crippen LogP contribution in [0.25, 0.3) is 0 Å². The van der Waals surface area contributed by atoms with Crippen molar-refractivity contribution in [2.45, 2.75) is 18.8 Å². The fourth-order valence-electron chi connectivity index (χ4n) is 1.33. The summed E-state index contributed by atoms with van der Waals surface area (Å²) in [5.74, 6) is -0.661. The van der Waals surface area contributed by atoms with E-state index in [2.05, 4.69) is 5.32 Å². The monoisotopic (exact) mass is 261 g/mol. The summed E-state index contributed by atoms with van der Waals surface area (Å²) in [6.45, 7) is 0.302. The van der Waals surface area contributed by atoms with Gasteiger partial charge in [0.15, 0.2) is 0 Å². The van der Waals surface area contributed by atoms with Crippen molar-refractivity contribution in [1.82, 2.24) is 5.32 Å². The van der Waals surface area contributed by atoms with Crippen LogP contribution in [0.5, 0.6) is 0 Å². The highest BCUT2D eigenvalue weighted by Gasteiger charge is 2.30. The second-order valence-electron chi connectivity index (χ2n) is 3.84. The Labute approximate surface area is 102 Å². The number of carbonyl (C=O) groups excluding carboxylic acids is 1. The van der Waals surface area contributed by atoms with Gasteiger partial charge in [-0.05, 0) is 11.6 Å². The minimum atomic E-state index is -4.36. The standard InChI is InChI=1S/C11H14F3N3O/c12-11(13,14)8-3-1-2-7(4-8)5-17-6-9(15)10(16)18/h1-4,9,17H,5-6,15H2,(H2,16,18). The van der Waals surface area contributed by atoms with Crippen LogP contribution in [-0.2, 0) is 17.5 Å². The lowest BCUT2D eigenvalue weighted by molar-refractivity contribution is -0.137. The number of halogens is 3. The van der Waals surface area contributed by atoms with Gasteiger partial charge in [0.25, 0.3) is 0 Å². The molecule has 0 aromatic heterocycles. The van der Waals surface area contributed by atoms with Crippen LogP contribution in [0.4, 0.5) is 13.2 Å². The topological polar surface area (TPSA) is 81.1 Å². The smallest absolute Gasteiger partial charge is 0.368 e. The van der Waals surface area contributed by atoms with Crippen LogP contribution < -0.4 is 16.8 Å². The summed E-state index contributed by atoms with van der Waals surface area (Å²) in [6.07, 6.45) is -4.36. The van der Waals surface area contributed by atoms with E-state index < -0.39 is 23.7 Å². The molecule has 1 aromatic rings. The first-order valence-electron chi connectivity index (χ1n) is 5.22. The number of hydrogen-bond acceptors (Lipinski definition) is 3. The Morgan fingerprint density at radius 2 is 2.06 bits per heavy atom. The van der Waals surface area contributed by atoms with Crippen molar-refractivity contribution in [3.63, 3.8) is 0 Å². The molecular formula is C11H14F3N3O. The lowest BCUT2D eigenvalue weighted by Gasteiger charge is -2.11. The highest BCUT2D eigenvalue weighted by atomic mass is 19.4. The van der Waals surface area contributed by atoms with Gasteiger partial charge < -0.3 is 16.8 Å². The minimum absolute atomic E-state index is 0.117. The van der Waals surface area contributed by atoms with E-state index in [0.29, 0.717) is 5.56 Å². The first kappa shape index (κ1) is 14.5. The van der Waals surface area contributed by atoms with Gasteiger partial charge in [-0.15, -0.1) is 0 Å². The molecule has 1 unspecified atom stereocenters. The van der Waals surface area contributed by atoms with Crippen molar-refractivity contribution in [2.75, 3.05) is 6.54 Å². The van der Waals surface area contributed by atoms with Gasteiger partial charge in [0.1, 0.15) is 0 Å². The highest BCUT2D eigenvalue weighted by molar-refractivity contribution is 5.79. The van der Waals surface area contributed by atoms with Crippen molar-refractivity contribution < 1.29 is 18.0 Å². The maximum absolute atomic E-state index is 12.4. The number of amides is 1. The largest absolute Gasteiger partial charge is 0.416 e. The molecule has 100 valence electrons. The normalized spacial score (nSPS) is 13.3. The first-order valence-corrected chi connectivity index (χ1v) is 5.22. The van der Waals surface area contributed by atoms with E-state index >= 15 is 0 Å². The summed E-state index contributed by atoms with van der Waals surface area (Å²) < 4.78 is 37.3. The molecule has 5 N–H and O–H groups in total. The SMILES string of the molecule is NC(=O)C(N)CNCc1cccc(C(F)(F)F)c1. The number of rotatable bonds is 5. The summed E-state index contributed by atoms with van der Waals surface area (Å²) >= 11 is 0. The molecule has 1 rings (SSSR count). The summed E-state index contributed by atoms with van der Waals surface area (Å²) in [5.41, 5.74) is 10.1. The molecule has 4 nitrogen and oxygen atoms in total. The van der Waals surface area contributed by atoms with E-state index in [1.54, 1.807) is 6.07 Å². The molecule has 0 aliphatic rings. The Morgan fingerprint density at radius 1 is 1.39 bits per heavy atom. The molecule has 0 spiro atoms. The van der Waals surface area contributed by atoms with Gasteiger partial charge in [-0.1, -0.05) is 18.2 Å². The van der Waals surface area contributed by atoms with Gasteiger partial charge in [-0.3, -0.25) is 4.79 Å². The van der Waals surface area contributed by atoms with Crippen LogP contribution >= 0.6 is 0 Å². The van der Waals surface area contributed by atoms with Gasteiger partial charge in [-0.2, -0.15) is 13.2 Å². The zero-order valence-corrected chi connectivity index (χ0v) is 9.50. The average Bonchev–Trinajstić information content (AvgIpc) is 2.28. The Hall–Kier alpha value is -1.60. The van der Waals surface area contributed by atoms with Crippen molar-refractivity contribution in [3.8, 4) is 0 Å². The number of hydrogen-bond donors (Lipinski definition) is 3. The van der Waals surface area contributed by atoms with E-state index in [4.69, 9.17) is 11.5 Å². The Kier molecular flexibility index (Phi) is 4.69. The molecule has 1 amide bonds. The minimum Gasteiger partial charge on any atom is -0.368 e. The molecule has 1 aromatic carbocycles. The molecule has 0 radical (unpaired) electrons. The van der Waals surface area contributed by atoms with E-state index in [9.17, 15) is 18.0 Å². The van der Waals surface area contributed by atoms with Crippen molar-refractivity contribution in [2.24, 2.45) is 11.5 Å². The number of carbonyl (C=O) groups is 1. The molecule has 0 bridgehead atoms. The molecule has 0 saturated heterocycles. The molecule has 1 atom stereocenters. The van der Waals surface area contributed by atoms with Gasteiger partial charge >= 0.3 is 6.18 Å². The summed E-state index contributed by atoms with van der Waals surface area (Å²) in [5, 5.41) is 2.77. The summed E-state index contributed by atoms with van der Waals surface area (Å²) in [6, 6.07) is 4.07. The predicted octanol–water partition coefficient (Wildman–Crippen LogP) is 0.608. The molecule has 0 heterocycles. The fourth-order valence-corrected chi connectivity index (χ4v) is 1.33. The summed E-state index contributed by atoms with van der Waals surface area (Å²) in [7, 11) is 0. The lowest BCUT2D eigenvalue weighted by Crippen LogP contribution is -2.44. The molecule has 7 heteroatoms. The Bertz CT molecular complexity index is 420. The average molecular weight is 261 g/mol. The fraction of sp³-hybridized carbons (Fsp3) is 0.364. The zero-order valence-electron chi connectivity index (χ0n) is 9.50. The van der Waals surface area contributed by atoms with Gasteiger partial charge in [-0.25, -0.2) is 0 Å². The van der Waals surface area contributed by atoms with Gasteiger partial charge in [0, 0.05) is 13.1 Å². The van der Waals surface area contributed by atoms with E-state index in [-0.39, 0.29) is 13.1 Å². The molecule has 0 aliphatic heterocycles. The highest BCUT2D eigenvalue weighted by Crippen LogP contribution is 2.29. The second kappa shape index (κ2) is 5.83. The van der Waals surface area contributed by atoms with Crippen LogP contribution in [0, 0.1) is 0 Å². The van der Waals surface area contributed by atoms with Gasteiger partial charge in [0.05, 0.1) is 11.6 Å². The number of nitrogens with one attached hydrogen (secondary N) is 1. The Balaban J connectivity index is 2.56. The van der Waals surface area contributed by atoms with Crippen molar-refractivity contribution >= 4 is 5.91 Å². The van der Waals surface area contributed by atoms with Crippen LogP contribution in [0.1, 0.15) is 11.1 Å². The maximum atomic E-state index is 12.4. The lowest BCUT2D eigenvalue weighted by atomic mass is 10.1. The molecule has 0 aliphatic carbocycles. The third-order valence-corrected chi connectivity index (χ3v) is 2.31. The quantitative estimate of drug-likeness (QED) is 0.726. The third kappa shape index (κ3) is 4.34. The Morgan fingerprint density at radius 3 is 2.61 bits per heavy atom. The number of primary amides is 1. The van der Waals surface area contributed by atoms with Crippen LogP contribution in [-0.4, -0.2) is 18.5 Å². The summed E-state index contributed by atoms with van der Waals surface area (Å²) in [4.78, 5) is 10.6. The number of alkyl halides is 3. The second-order valence-corrected chi connectivity index (χ2v) is 3.84. The van der Waals surface area contributed by atoms with E-state index in [1.165, 1.54) is 6.07 Å².